The summed E-state index contributed by atoms with van der Waals surface area (Å²) >= 11 is 0. The van der Waals surface area contributed by atoms with Gasteiger partial charge in [0.1, 0.15) is 11.6 Å². The number of rotatable bonds is 5. The second kappa shape index (κ2) is 6.93. The Morgan fingerprint density at radius 2 is 2.05 bits per heavy atom. The lowest BCUT2D eigenvalue weighted by Gasteiger charge is -2.14. The van der Waals surface area contributed by atoms with E-state index in [1.54, 1.807) is 25.4 Å². The Hall–Kier alpha value is -2.56. The molecule has 2 aromatic rings. The normalized spacial score (nSPS) is 10.4. The Morgan fingerprint density at radius 1 is 1.27 bits per heavy atom. The number of amides is 1. The molecule has 0 atom stereocenters. The van der Waals surface area contributed by atoms with Crippen LogP contribution in [0.2, 0.25) is 0 Å². The zero-order valence-electron chi connectivity index (χ0n) is 13.3. The highest BCUT2D eigenvalue weighted by atomic mass is 16.5. The zero-order valence-corrected chi connectivity index (χ0v) is 13.3. The zero-order chi connectivity index (χ0) is 16.1. The first-order chi connectivity index (χ1) is 10.5. The highest BCUT2D eigenvalue weighted by Gasteiger charge is 2.13. The standard InChI is InChI=1S/C17H21N3O2/c1-11(2)19-16-14(6-5-9-18-16)17(21)20-13-7-8-15(22-4)12(3)10-13/h5-11H,1-4H3,(H,18,19)(H,20,21). The van der Waals surface area contributed by atoms with E-state index in [1.807, 2.05) is 39.0 Å². The van der Waals surface area contributed by atoms with Crippen LogP contribution in [0.25, 0.3) is 0 Å². The number of pyridine rings is 1. The van der Waals surface area contributed by atoms with Gasteiger partial charge in [0.05, 0.1) is 12.7 Å². The second-order valence-electron chi connectivity index (χ2n) is 5.34. The van der Waals surface area contributed by atoms with E-state index in [9.17, 15) is 4.79 Å². The summed E-state index contributed by atoms with van der Waals surface area (Å²) in [5, 5.41) is 6.07. The molecule has 5 nitrogen and oxygen atoms in total. The van der Waals surface area contributed by atoms with Gasteiger partial charge in [0, 0.05) is 17.9 Å². The first-order valence-corrected chi connectivity index (χ1v) is 7.19. The van der Waals surface area contributed by atoms with Gasteiger partial charge in [0.25, 0.3) is 5.91 Å². The molecular weight excluding hydrogens is 278 g/mol. The Kier molecular flexibility index (Phi) is 4.99. The van der Waals surface area contributed by atoms with Crippen molar-refractivity contribution in [2.75, 3.05) is 17.7 Å². The van der Waals surface area contributed by atoms with E-state index in [2.05, 4.69) is 15.6 Å². The molecular formula is C17H21N3O2. The fourth-order valence-electron chi connectivity index (χ4n) is 2.13. The lowest BCUT2D eigenvalue weighted by Crippen LogP contribution is -2.18. The molecule has 1 amide bonds. The molecule has 0 saturated carbocycles. The molecule has 22 heavy (non-hydrogen) atoms. The third kappa shape index (κ3) is 3.75. The molecule has 0 aliphatic heterocycles. The highest BCUT2D eigenvalue weighted by molar-refractivity contribution is 6.07. The molecule has 2 rings (SSSR count). The average Bonchev–Trinajstić information content (AvgIpc) is 2.47. The first kappa shape index (κ1) is 15.8. The number of hydrogen-bond acceptors (Lipinski definition) is 4. The summed E-state index contributed by atoms with van der Waals surface area (Å²) in [6.07, 6.45) is 1.67. The number of benzene rings is 1. The minimum Gasteiger partial charge on any atom is -0.496 e. The topological polar surface area (TPSA) is 63.2 Å². The van der Waals surface area contributed by atoms with Crippen molar-refractivity contribution in [3.8, 4) is 5.75 Å². The van der Waals surface area contributed by atoms with Crippen LogP contribution in [0, 0.1) is 6.92 Å². The van der Waals surface area contributed by atoms with Crippen LogP contribution in [0.15, 0.2) is 36.5 Å². The number of anilines is 2. The van der Waals surface area contributed by atoms with E-state index >= 15 is 0 Å². The molecule has 0 radical (unpaired) electrons. The third-order valence-corrected chi connectivity index (χ3v) is 3.13. The van der Waals surface area contributed by atoms with Crippen LogP contribution in [0.1, 0.15) is 29.8 Å². The lowest BCUT2D eigenvalue weighted by atomic mass is 10.2. The molecule has 0 spiro atoms. The van der Waals surface area contributed by atoms with Crippen LogP contribution in [-0.4, -0.2) is 24.0 Å². The number of aromatic nitrogens is 1. The monoisotopic (exact) mass is 299 g/mol. The largest absolute Gasteiger partial charge is 0.496 e. The van der Waals surface area contributed by atoms with Gasteiger partial charge in [-0.25, -0.2) is 4.98 Å². The summed E-state index contributed by atoms with van der Waals surface area (Å²) in [7, 11) is 1.63. The van der Waals surface area contributed by atoms with Crippen molar-refractivity contribution in [3.05, 3.63) is 47.7 Å². The predicted octanol–water partition coefficient (Wildman–Crippen LogP) is 3.47. The Bertz CT molecular complexity index is 669. The number of nitrogens with zero attached hydrogens (tertiary/aromatic N) is 1. The van der Waals surface area contributed by atoms with Gasteiger partial charge >= 0.3 is 0 Å². The summed E-state index contributed by atoms with van der Waals surface area (Å²) in [6.45, 7) is 5.94. The number of ether oxygens (including phenoxy) is 1. The molecule has 116 valence electrons. The number of nitrogens with one attached hydrogen (secondary N) is 2. The molecule has 0 saturated heterocycles. The highest BCUT2D eigenvalue weighted by Crippen LogP contribution is 2.22. The van der Waals surface area contributed by atoms with Gasteiger partial charge in [-0.05, 0) is 56.7 Å². The number of aryl methyl sites for hydroxylation is 1. The third-order valence-electron chi connectivity index (χ3n) is 3.13. The number of hydrogen-bond donors (Lipinski definition) is 2. The van der Waals surface area contributed by atoms with Gasteiger partial charge in [-0.3, -0.25) is 4.79 Å². The molecule has 0 aliphatic carbocycles. The SMILES string of the molecule is COc1ccc(NC(=O)c2cccnc2NC(C)C)cc1C. The Morgan fingerprint density at radius 3 is 2.68 bits per heavy atom. The van der Waals surface area contributed by atoms with Crippen LogP contribution in [-0.2, 0) is 0 Å². The van der Waals surface area contributed by atoms with Crippen LogP contribution in [0.3, 0.4) is 0 Å². The molecule has 1 aromatic carbocycles. The van der Waals surface area contributed by atoms with Crippen LogP contribution in [0.5, 0.6) is 5.75 Å². The van der Waals surface area contributed by atoms with Crippen molar-refractivity contribution in [1.82, 2.24) is 4.98 Å². The van der Waals surface area contributed by atoms with Crippen molar-refractivity contribution < 1.29 is 9.53 Å². The smallest absolute Gasteiger partial charge is 0.259 e. The molecule has 2 N–H and O–H groups in total. The number of methoxy groups -OCH3 is 1. The average molecular weight is 299 g/mol. The summed E-state index contributed by atoms with van der Waals surface area (Å²) in [4.78, 5) is 16.7. The first-order valence-electron chi connectivity index (χ1n) is 7.19. The molecule has 0 bridgehead atoms. The van der Waals surface area contributed by atoms with Crippen LogP contribution in [0.4, 0.5) is 11.5 Å². The maximum atomic E-state index is 12.5. The van der Waals surface area contributed by atoms with Crippen molar-refractivity contribution in [3.63, 3.8) is 0 Å². The summed E-state index contributed by atoms with van der Waals surface area (Å²) in [6, 6.07) is 9.23. The minimum absolute atomic E-state index is 0.194. The predicted molar refractivity (Wildman–Crippen MR) is 88.7 cm³/mol. The van der Waals surface area contributed by atoms with E-state index in [-0.39, 0.29) is 11.9 Å². The van der Waals surface area contributed by atoms with Gasteiger partial charge in [0.2, 0.25) is 0 Å². The van der Waals surface area contributed by atoms with Crippen molar-refractivity contribution in [2.45, 2.75) is 26.8 Å². The molecule has 5 heteroatoms. The van der Waals surface area contributed by atoms with E-state index in [0.29, 0.717) is 11.4 Å². The molecule has 0 aliphatic rings. The fourth-order valence-corrected chi connectivity index (χ4v) is 2.13. The Labute approximate surface area is 130 Å². The van der Waals surface area contributed by atoms with Gasteiger partial charge in [0.15, 0.2) is 0 Å². The summed E-state index contributed by atoms with van der Waals surface area (Å²) in [5.74, 6) is 1.18. The second-order valence-corrected chi connectivity index (χ2v) is 5.34. The van der Waals surface area contributed by atoms with Crippen LogP contribution < -0.4 is 15.4 Å². The molecule has 0 fully saturated rings. The van der Waals surface area contributed by atoms with E-state index in [1.165, 1.54) is 0 Å². The van der Waals surface area contributed by atoms with E-state index in [0.717, 1.165) is 17.0 Å². The number of carbonyl (C=O) groups is 1. The molecule has 1 heterocycles. The van der Waals surface area contributed by atoms with Crippen molar-refractivity contribution in [2.24, 2.45) is 0 Å². The van der Waals surface area contributed by atoms with Gasteiger partial charge < -0.3 is 15.4 Å². The van der Waals surface area contributed by atoms with Gasteiger partial charge in [-0.15, -0.1) is 0 Å². The quantitative estimate of drug-likeness (QED) is 0.887. The molecule has 0 unspecified atom stereocenters. The fraction of sp³-hybridized carbons (Fsp3) is 0.294. The van der Waals surface area contributed by atoms with Gasteiger partial charge in [-0.2, -0.15) is 0 Å². The minimum atomic E-state index is -0.194. The maximum Gasteiger partial charge on any atom is 0.259 e. The van der Waals surface area contributed by atoms with Gasteiger partial charge in [-0.1, -0.05) is 0 Å². The van der Waals surface area contributed by atoms with E-state index in [4.69, 9.17) is 4.74 Å². The number of carbonyl (C=O) groups excluding carboxylic acids is 1. The van der Waals surface area contributed by atoms with Crippen LogP contribution >= 0.6 is 0 Å². The maximum absolute atomic E-state index is 12.5. The Balaban J connectivity index is 2.21. The van der Waals surface area contributed by atoms with Crippen molar-refractivity contribution >= 4 is 17.4 Å². The van der Waals surface area contributed by atoms with Crippen molar-refractivity contribution in [1.29, 1.82) is 0 Å². The lowest BCUT2D eigenvalue weighted by molar-refractivity contribution is 0.102. The summed E-state index contributed by atoms with van der Waals surface area (Å²) < 4.78 is 5.22. The summed E-state index contributed by atoms with van der Waals surface area (Å²) in [5.41, 5.74) is 2.21. The molecule has 1 aromatic heterocycles. The van der Waals surface area contributed by atoms with E-state index < -0.39 is 0 Å².